The van der Waals surface area contributed by atoms with Gasteiger partial charge in [0.15, 0.2) is 0 Å². The summed E-state index contributed by atoms with van der Waals surface area (Å²) in [6, 6.07) is 11.3. The summed E-state index contributed by atoms with van der Waals surface area (Å²) in [4.78, 5) is 12.9. The Morgan fingerprint density at radius 2 is 1.90 bits per heavy atom. The largest absolute Gasteiger partial charge is 0.494 e. The number of halogens is 1. The third-order valence-electron chi connectivity index (χ3n) is 4.90. The van der Waals surface area contributed by atoms with Gasteiger partial charge in [0.25, 0.3) is 0 Å². The van der Waals surface area contributed by atoms with Gasteiger partial charge in [0, 0.05) is 18.7 Å². The highest BCUT2D eigenvalue weighted by Gasteiger charge is 2.37. The zero-order chi connectivity index (χ0) is 20.9. The topological polar surface area (TPSA) is 75.7 Å². The molecule has 0 spiro atoms. The second-order valence-electron chi connectivity index (χ2n) is 6.84. The first kappa shape index (κ1) is 21.3. The lowest BCUT2D eigenvalue weighted by molar-refractivity contribution is -0.125. The zero-order valence-corrected chi connectivity index (χ0v) is 17.1. The van der Waals surface area contributed by atoms with Crippen molar-refractivity contribution in [3.05, 3.63) is 59.9 Å². The van der Waals surface area contributed by atoms with E-state index < -0.39 is 21.9 Å². The fourth-order valence-corrected chi connectivity index (χ4v) is 5.10. The monoisotopic (exact) mass is 420 g/mol. The number of rotatable bonds is 7. The maximum absolute atomic E-state index is 13.2. The van der Waals surface area contributed by atoms with Crippen LogP contribution in [0.4, 0.5) is 4.39 Å². The van der Waals surface area contributed by atoms with Crippen LogP contribution >= 0.6 is 0 Å². The number of carbonyl (C=O) groups excluding carboxylic acids is 1. The van der Waals surface area contributed by atoms with E-state index in [2.05, 4.69) is 5.32 Å². The van der Waals surface area contributed by atoms with Crippen LogP contribution in [-0.4, -0.2) is 37.8 Å². The molecule has 0 aromatic heterocycles. The van der Waals surface area contributed by atoms with E-state index in [-0.39, 0.29) is 23.9 Å². The number of carbonyl (C=O) groups is 1. The molecule has 1 heterocycles. The van der Waals surface area contributed by atoms with Gasteiger partial charge < -0.3 is 10.1 Å². The zero-order valence-electron chi connectivity index (χ0n) is 16.3. The van der Waals surface area contributed by atoms with Gasteiger partial charge >= 0.3 is 0 Å². The number of ether oxygens (including phenoxy) is 1. The third kappa shape index (κ3) is 4.94. The second kappa shape index (κ2) is 9.37. The van der Waals surface area contributed by atoms with E-state index in [4.69, 9.17) is 4.74 Å². The van der Waals surface area contributed by atoms with Crippen molar-refractivity contribution in [1.29, 1.82) is 0 Å². The highest BCUT2D eigenvalue weighted by molar-refractivity contribution is 7.89. The quantitative estimate of drug-likeness (QED) is 0.747. The van der Waals surface area contributed by atoms with Crippen LogP contribution in [0.5, 0.6) is 5.75 Å². The predicted molar refractivity (Wildman–Crippen MR) is 107 cm³/mol. The molecule has 1 N–H and O–H groups in total. The van der Waals surface area contributed by atoms with Gasteiger partial charge in [-0.2, -0.15) is 4.31 Å². The fourth-order valence-electron chi connectivity index (χ4n) is 3.44. The van der Waals surface area contributed by atoms with Crippen LogP contribution in [0.2, 0.25) is 0 Å². The van der Waals surface area contributed by atoms with Gasteiger partial charge in [0.05, 0.1) is 11.5 Å². The molecule has 1 fully saturated rings. The number of amides is 1. The summed E-state index contributed by atoms with van der Waals surface area (Å²) in [5.74, 6) is -0.165. The van der Waals surface area contributed by atoms with Crippen LogP contribution in [-0.2, 0) is 21.4 Å². The van der Waals surface area contributed by atoms with E-state index in [0.717, 1.165) is 24.1 Å². The van der Waals surface area contributed by atoms with Crippen molar-refractivity contribution in [3.8, 4) is 5.75 Å². The molecule has 0 unspecified atom stereocenters. The van der Waals surface area contributed by atoms with Crippen molar-refractivity contribution in [2.75, 3.05) is 13.2 Å². The van der Waals surface area contributed by atoms with Crippen molar-refractivity contribution in [2.45, 2.75) is 43.7 Å². The summed E-state index contributed by atoms with van der Waals surface area (Å²) < 4.78 is 46.0. The summed E-state index contributed by atoms with van der Waals surface area (Å²) >= 11 is 0. The molecule has 6 nitrogen and oxygen atoms in total. The molecule has 1 aliphatic rings. The molecular weight excluding hydrogens is 395 g/mol. The normalized spacial score (nSPS) is 17.7. The standard InChI is InChI=1S/C21H25FN2O4S/c1-2-28-20-9-4-3-7-16(20)15-23-21(25)19-8-5-6-14-24(19)29(26,27)18-12-10-17(22)11-13-18/h3-4,7,9-13,19H,2,5-6,8,14-15H2,1H3,(H,23,25)/t19-/m0/s1. The Hall–Kier alpha value is -2.45. The van der Waals surface area contributed by atoms with E-state index in [0.29, 0.717) is 25.2 Å². The Kier molecular flexibility index (Phi) is 6.87. The number of para-hydroxylation sites is 1. The maximum Gasteiger partial charge on any atom is 0.243 e. The van der Waals surface area contributed by atoms with E-state index in [9.17, 15) is 17.6 Å². The highest BCUT2D eigenvalue weighted by atomic mass is 32.2. The van der Waals surface area contributed by atoms with Crippen LogP contribution in [0.1, 0.15) is 31.7 Å². The lowest BCUT2D eigenvalue weighted by Crippen LogP contribution is -2.51. The summed E-state index contributed by atoms with van der Waals surface area (Å²) in [5, 5.41) is 2.85. The SMILES string of the molecule is CCOc1ccccc1CNC(=O)[C@@H]1CCCCN1S(=O)(=O)c1ccc(F)cc1. The third-order valence-corrected chi connectivity index (χ3v) is 6.82. The van der Waals surface area contributed by atoms with Crippen LogP contribution in [0, 0.1) is 5.82 Å². The molecule has 0 radical (unpaired) electrons. The molecule has 29 heavy (non-hydrogen) atoms. The van der Waals surface area contributed by atoms with Gasteiger partial charge in [-0.05, 0) is 50.1 Å². The van der Waals surface area contributed by atoms with Gasteiger partial charge in [-0.1, -0.05) is 24.6 Å². The summed E-state index contributed by atoms with van der Waals surface area (Å²) in [6.07, 6.45) is 1.89. The molecule has 3 rings (SSSR count). The maximum atomic E-state index is 13.2. The lowest BCUT2D eigenvalue weighted by Gasteiger charge is -2.33. The van der Waals surface area contributed by atoms with E-state index in [1.807, 2.05) is 31.2 Å². The van der Waals surface area contributed by atoms with Crippen LogP contribution in [0.15, 0.2) is 53.4 Å². The van der Waals surface area contributed by atoms with Crippen molar-refractivity contribution in [2.24, 2.45) is 0 Å². The van der Waals surface area contributed by atoms with Crippen LogP contribution in [0.25, 0.3) is 0 Å². The van der Waals surface area contributed by atoms with Gasteiger partial charge in [-0.25, -0.2) is 12.8 Å². The first-order valence-electron chi connectivity index (χ1n) is 9.69. The fraction of sp³-hybridized carbons (Fsp3) is 0.381. The number of hydrogen-bond donors (Lipinski definition) is 1. The molecule has 0 aliphatic carbocycles. The molecule has 8 heteroatoms. The average molecular weight is 421 g/mol. The van der Waals surface area contributed by atoms with Crippen LogP contribution < -0.4 is 10.1 Å². The molecule has 2 aromatic rings. The Morgan fingerprint density at radius 1 is 1.17 bits per heavy atom. The molecule has 1 atom stereocenters. The van der Waals surface area contributed by atoms with Crippen molar-refractivity contribution >= 4 is 15.9 Å². The van der Waals surface area contributed by atoms with Crippen LogP contribution in [0.3, 0.4) is 0 Å². The van der Waals surface area contributed by atoms with E-state index >= 15 is 0 Å². The predicted octanol–water partition coefficient (Wildman–Crippen LogP) is 3.08. The number of nitrogens with zero attached hydrogens (tertiary/aromatic N) is 1. The summed E-state index contributed by atoms with van der Waals surface area (Å²) in [7, 11) is -3.89. The number of nitrogens with one attached hydrogen (secondary N) is 1. The Morgan fingerprint density at radius 3 is 2.62 bits per heavy atom. The van der Waals surface area contributed by atoms with Crippen molar-refractivity contribution in [3.63, 3.8) is 0 Å². The number of benzene rings is 2. The molecule has 0 saturated carbocycles. The second-order valence-corrected chi connectivity index (χ2v) is 8.73. The molecule has 1 aliphatic heterocycles. The number of hydrogen-bond acceptors (Lipinski definition) is 4. The molecule has 0 bridgehead atoms. The summed E-state index contributed by atoms with van der Waals surface area (Å²) in [6.45, 7) is 2.90. The van der Waals surface area contributed by atoms with Crippen molar-refractivity contribution < 1.29 is 22.3 Å². The molecule has 1 saturated heterocycles. The smallest absolute Gasteiger partial charge is 0.243 e. The van der Waals surface area contributed by atoms with Gasteiger partial charge in [0.2, 0.25) is 15.9 Å². The minimum atomic E-state index is -3.89. The minimum Gasteiger partial charge on any atom is -0.494 e. The first-order valence-corrected chi connectivity index (χ1v) is 11.1. The Labute approximate surface area is 170 Å². The number of sulfonamides is 1. The minimum absolute atomic E-state index is 0.0136. The van der Waals surface area contributed by atoms with Gasteiger partial charge in [-0.3, -0.25) is 4.79 Å². The average Bonchev–Trinajstić information content (AvgIpc) is 2.73. The highest BCUT2D eigenvalue weighted by Crippen LogP contribution is 2.26. The number of piperidine rings is 1. The van der Waals surface area contributed by atoms with E-state index in [1.165, 1.54) is 16.4 Å². The summed E-state index contributed by atoms with van der Waals surface area (Å²) in [5.41, 5.74) is 0.825. The molecule has 156 valence electrons. The first-order chi connectivity index (χ1) is 13.9. The Balaban J connectivity index is 1.75. The molecule has 2 aromatic carbocycles. The lowest BCUT2D eigenvalue weighted by atomic mass is 10.0. The van der Waals surface area contributed by atoms with Gasteiger partial charge in [-0.15, -0.1) is 0 Å². The van der Waals surface area contributed by atoms with Gasteiger partial charge in [0.1, 0.15) is 17.6 Å². The van der Waals surface area contributed by atoms with Crippen molar-refractivity contribution in [1.82, 2.24) is 9.62 Å². The van der Waals surface area contributed by atoms with E-state index in [1.54, 1.807) is 0 Å². The molecular formula is C21H25FN2O4S. The Bertz CT molecular complexity index is 947. The molecule has 1 amide bonds.